The van der Waals surface area contributed by atoms with Gasteiger partial charge in [-0.1, -0.05) is 11.2 Å². The monoisotopic (exact) mass is 505 g/mol. The Kier molecular flexibility index (Phi) is 5.01. The third-order valence-electron chi connectivity index (χ3n) is 5.92. The van der Waals surface area contributed by atoms with Crippen LogP contribution in [0.15, 0.2) is 81.9 Å². The molecule has 5 aromatic rings. The van der Waals surface area contributed by atoms with E-state index in [-0.39, 0.29) is 21.9 Å². The maximum atomic E-state index is 13.4. The van der Waals surface area contributed by atoms with Gasteiger partial charge in [0.1, 0.15) is 21.9 Å². The molecule has 10 heteroatoms. The predicted molar refractivity (Wildman–Crippen MR) is 132 cm³/mol. The first-order valence-corrected chi connectivity index (χ1v) is 13.2. The zero-order chi connectivity index (χ0) is 24.2. The molecule has 0 atom stereocenters. The van der Waals surface area contributed by atoms with Gasteiger partial charge in [-0.2, -0.15) is 8.42 Å². The molecule has 0 spiro atoms. The second-order valence-electron chi connectivity index (χ2n) is 8.37. The zero-order valence-electron chi connectivity index (χ0n) is 18.2. The number of rotatable bonds is 6. The Morgan fingerprint density at radius 3 is 2.71 bits per heavy atom. The number of thiophene rings is 1. The van der Waals surface area contributed by atoms with Crippen molar-refractivity contribution in [2.45, 2.75) is 23.1 Å². The van der Waals surface area contributed by atoms with Crippen molar-refractivity contribution < 1.29 is 22.8 Å². The summed E-state index contributed by atoms with van der Waals surface area (Å²) in [4.78, 5) is 13.1. The summed E-state index contributed by atoms with van der Waals surface area (Å²) in [6.07, 6.45) is 4.92. The smallest absolute Gasteiger partial charge is 0.277 e. The van der Waals surface area contributed by atoms with E-state index in [1.54, 1.807) is 54.6 Å². The summed E-state index contributed by atoms with van der Waals surface area (Å²) in [5.74, 6) is -0.133. The molecule has 2 aromatic carbocycles. The highest BCUT2D eigenvalue weighted by atomic mass is 32.2. The molecule has 0 unspecified atom stereocenters. The van der Waals surface area contributed by atoms with E-state index in [0.29, 0.717) is 38.2 Å². The van der Waals surface area contributed by atoms with Crippen molar-refractivity contribution in [2.24, 2.45) is 0 Å². The van der Waals surface area contributed by atoms with E-state index in [1.165, 1.54) is 22.5 Å². The molecule has 1 amide bonds. The lowest BCUT2D eigenvalue weighted by molar-refractivity contribution is 0.0951. The molecule has 1 fully saturated rings. The molecule has 0 radical (unpaired) electrons. The van der Waals surface area contributed by atoms with Gasteiger partial charge in [0.2, 0.25) is 0 Å². The van der Waals surface area contributed by atoms with Crippen LogP contribution in [0.25, 0.3) is 32.6 Å². The number of hydrogen-bond acceptors (Lipinski definition) is 7. The molecule has 0 saturated heterocycles. The van der Waals surface area contributed by atoms with E-state index in [1.807, 2.05) is 0 Å². The summed E-state index contributed by atoms with van der Waals surface area (Å²) in [7, 11) is -3.83. The standard InChI is InChI=1S/C25H19N3O5S2/c29-22-6-2-17(25(30)26-18-3-4-18)14-19(22)15-1-5-21-16(13-15)9-11-28(21)35(31,32)24-8-7-23(34-24)20-10-12-33-27-20/h1-2,5-14,18,29H,3-4H2,(H,26,30). The van der Waals surface area contributed by atoms with Crippen LogP contribution in [0.5, 0.6) is 5.75 Å². The molecule has 1 saturated carbocycles. The molecule has 176 valence electrons. The van der Waals surface area contributed by atoms with Gasteiger partial charge in [0.05, 0.1) is 10.4 Å². The normalized spacial score (nSPS) is 13.8. The van der Waals surface area contributed by atoms with Crippen LogP contribution in [0.1, 0.15) is 23.2 Å². The van der Waals surface area contributed by atoms with E-state index in [9.17, 15) is 18.3 Å². The lowest BCUT2D eigenvalue weighted by atomic mass is 10.0. The van der Waals surface area contributed by atoms with Gasteiger partial charge in [-0.15, -0.1) is 11.3 Å². The van der Waals surface area contributed by atoms with Gasteiger partial charge in [-0.25, -0.2) is 3.97 Å². The number of carbonyl (C=O) groups excluding carboxylic acids is 1. The van der Waals surface area contributed by atoms with Crippen LogP contribution < -0.4 is 5.32 Å². The van der Waals surface area contributed by atoms with Crippen LogP contribution in [-0.4, -0.2) is 34.6 Å². The van der Waals surface area contributed by atoms with Gasteiger partial charge in [0.25, 0.3) is 15.9 Å². The van der Waals surface area contributed by atoms with E-state index in [4.69, 9.17) is 4.52 Å². The van der Waals surface area contributed by atoms with Crippen molar-refractivity contribution in [1.82, 2.24) is 14.4 Å². The number of hydrogen-bond donors (Lipinski definition) is 2. The molecule has 0 bridgehead atoms. The minimum atomic E-state index is -3.83. The quantitative estimate of drug-likeness (QED) is 0.341. The number of phenolic OH excluding ortho intramolecular Hbond substituents is 1. The highest BCUT2D eigenvalue weighted by molar-refractivity contribution is 7.92. The first kappa shape index (κ1) is 21.6. The average Bonchev–Trinajstić information content (AvgIpc) is 3.28. The fraction of sp³-hybridized carbons (Fsp3) is 0.120. The minimum Gasteiger partial charge on any atom is -0.507 e. The van der Waals surface area contributed by atoms with Crippen LogP contribution in [0.2, 0.25) is 0 Å². The molecule has 1 aliphatic rings. The van der Waals surface area contributed by atoms with Gasteiger partial charge in [-0.3, -0.25) is 4.79 Å². The highest BCUT2D eigenvalue weighted by Crippen LogP contribution is 2.35. The van der Waals surface area contributed by atoms with Crippen LogP contribution >= 0.6 is 11.3 Å². The van der Waals surface area contributed by atoms with Crippen molar-refractivity contribution >= 4 is 38.2 Å². The van der Waals surface area contributed by atoms with Gasteiger partial charge in [0.15, 0.2) is 0 Å². The Balaban J connectivity index is 1.35. The van der Waals surface area contributed by atoms with Crippen molar-refractivity contribution in [1.29, 1.82) is 0 Å². The first-order valence-electron chi connectivity index (χ1n) is 10.9. The Hall–Kier alpha value is -3.89. The molecule has 3 aromatic heterocycles. The van der Waals surface area contributed by atoms with Crippen molar-refractivity contribution in [2.75, 3.05) is 0 Å². The number of fused-ring (bicyclic) bond motifs is 1. The lowest BCUT2D eigenvalue weighted by Crippen LogP contribution is -2.25. The molecule has 8 nitrogen and oxygen atoms in total. The molecule has 3 heterocycles. The summed E-state index contributed by atoms with van der Waals surface area (Å²) in [6, 6.07) is 16.9. The third-order valence-corrected chi connectivity index (χ3v) is 9.19. The molecule has 6 rings (SSSR count). The predicted octanol–water partition coefficient (Wildman–Crippen LogP) is 4.86. The van der Waals surface area contributed by atoms with E-state index in [2.05, 4.69) is 10.5 Å². The summed E-state index contributed by atoms with van der Waals surface area (Å²) in [5, 5.41) is 18.0. The van der Waals surface area contributed by atoms with Crippen LogP contribution in [-0.2, 0) is 10.0 Å². The maximum Gasteiger partial charge on any atom is 0.277 e. The molecule has 0 aliphatic heterocycles. The summed E-state index contributed by atoms with van der Waals surface area (Å²) in [6.45, 7) is 0. The number of benzene rings is 2. The summed E-state index contributed by atoms with van der Waals surface area (Å²) >= 11 is 1.12. The number of aromatic hydroxyl groups is 1. The Morgan fingerprint density at radius 1 is 1.09 bits per heavy atom. The fourth-order valence-corrected chi connectivity index (χ4v) is 6.64. The van der Waals surface area contributed by atoms with Gasteiger partial charge in [0, 0.05) is 34.8 Å². The number of carbonyl (C=O) groups is 1. The van der Waals surface area contributed by atoms with Crippen LogP contribution in [0.3, 0.4) is 0 Å². The zero-order valence-corrected chi connectivity index (χ0v) is 19.8. The third kappa shape index (κ3) is 3.90. The summed E-state index contributed by atoms with van der Waals surface area (Å²) < 4.78 is 33.0. The van der Waals surface area contributed by atoms with Gasteiger partial charge < -0.3 is 14.9 Å². The Bertz CT molecular complexity index is 1680. The minimum absolute atomic E-state index is 0.0401. The number of nitrogens with one attached hydrogen (secondary N) is 1. The average molecular weight is 506 g/mol. The topological polar surface area (TPSA) is 114 Å². The number of phenols is 1. The Labute approximate surface area is 204 Å². The Morgan fingerprint density at radius 2 is 1.94 bits per heavy atom. The van der Waals surface area contributed by atoms with E-state index >= 15 is 0 Å². The highest BCUT2D eigenvalue weighted by Gasteiger charge is 2.25. The molecule has 35 heavy (non-hydrogen) atoms. The van der Waals surface area contributed by atoms with Crippen molar-refractivity contribution in [3.8, 4) is 27.4 Å². The van der Waals surface area contributed by atoms with E-state index < -0.39 is 10.0 Å². The lowest BCUT2D eigenvalue weighted by Gasteiger charge is -2.10. The van der Waals surface area contributed by atoms with E-state index in [0.717, 1.165) is 24.2 Å². The maximum absolute atomic E-state index is 13.4. The number of nitrogens with zero attached hydrogens (tertiary/aromatic N) is 2. The first-order chi connectivity index (χ1) is 16.9. The van der Waals surface area contributed by atoms with Gasteiger partial charge >= 0.3 is 0 Å². The molecular weight excluding hydrogens is 486 g/mol. The van der Waals surface area contributed by atoms with Crippen LogP contribution in [0, 0.1) is 0 Å². The largest absolute Gasteiger partial charge is 0.507 e. The second-order valence-corrected chi connectivity index (χ2v) is 11.5. The summed E-state index contributed by atoms with van der Waals surface area (Å²) in [5.41, 5.74) is 2.72. The molecule has 2 N–H and O–H groups in total. The molecular formula is C25H19N3O5S2. The fourth-order valence-electron chi connectivity index (χ4n) is 3.93. The van der Waals surface area contributed by atoms with Crippen molar-refractivity contribution in [3.05, 3.63) is 78.7 Å². The van der Waals surface area contributed by atoms with Crippen LogP contribution in [0.4, 0.5) is 0 Å². The SMILES string of the molecule is O=C(NC1CC1)c1ccc(O)c(-c2ccc3c(ccn3S(=O)(=O)c3ccc(-c4ccon4)s3)c2)c1. The molecule has 1 aliphatic carbocycles. The second kappa shape index (κ2) is 8.10. The number of amides is 1. The number of aromatic nitrogens is 2. The van der Waals surface area contributed by atoms with Gasteiger partial charge in [-0.05, 0) is 66.9 Å². The van der Waals surface area contributed by atoms with Crippen molar-refractivity contribution in [3.63, 3.8) is 0 Å².